The topological polar surface area (TPSA) is 132 Å². The normalized spacial score (nSPS) is 10.8. The summed E-state index contributed by atoms with van der Waals surface area (Å²) in [7, 11) is 1.28. The maximum atomic E-state index is 13.3. The Balaban J connectivity index is 1.55. The summed E-state index contributed by atoms with van der Waals surface area (Å²) in [5, 5.41) is 0. The van der Waals surface area contributed by atoms with Gasteiger partial charge in [0.05, 0.1) is 31.5 Å². The molecule has 10 heteroatoms. The molecule has 0 radical (unpaired) electrons. The summed E-state index contributed by atoms with van der Waals surface area (Å²) in [6.07, 6.45) is 13.4. The number of carbonyl (C=O) groups excluding carboxylic acids is 5. The van der Waals surface area contributed by atoms with E-state index >= 15 is 0 Å². The van der Waals surface area contributed by atoms with E-state index in [1.165, 1.54) is 31.4 Å². The van der Waals surface area contributed by atoms with E-state index in [1.807, 2.05) is 12.1 Å². The summed E-state index contributed by atoms with van der Waals surface area (Å²) < 4.78 is 26.5. The standard InChI is InChI=1S/C43H50O10/c1-5-15-32-16-21-35(22-17-32)42(47)53-38-26-25-36(52-41(46)34-23-18-33(19-24-34)20-27-39(44)49-4)30-37(38)43(48)51-29-14-12-10-8-6-7-9-11-13-28-50-40(45)31(2)3/h16-27,30H,2,5-15,28-29H2,1,3-4H3/b27-20+. The molecule has 0 aliphatic heterocycles. The third kappa shape index (κ3) is 15.3. The third-order valence-electron chi connectivity index (χ3n) is 8.18. The molecule has 53 heavy (non-hydrogen) atoms. The van der Waals surface area contributed by atoms with Crippen LogP contribution in [0.3, 0.4) is 0 Å². The SMILES string of the molecule is C=C(C)C(=O)OCCCCCCCCCCCOC(=O)c1cc(OC(=O)c2ccc(/C=C/C(=O)OC)cc2)ccc1OC(=O)c1ccc(CCC)cc1. The number of benzene rings is 3. The molecular formula is C43H50O10. The molecule has 282 valence electrons. The van der Waals surface area contributed by atoms with Crippen LogP contribution in [0.2, 0.25) is 0 Å². The molecule has 0 saturated heterocycles. The average molecular weight is 727 g/mol. The van der Waals surface area contributed by atoms with Gasteiger partial charge in [-0.3, -0.25) is 0 Å². The van der Waals surface area contributed by atoms with E-state index in [2.05, 4.69) is 18.2 Å². The van der Waals surface area contributed by atoms with Crippen molar-refractivity contribution < 1.29 is 47.7 Å². The number of methoxy groups -OCH3 is 1. The van der Waals surface area contributed by atoms with Crippen LogP contribution in [0.1, 0.15) is 120 Å². The van der Waals surface area contributed by atoms with Gasteiger partial charge in [-0.25, -0.2) is 24.0 Å². The monoisotopic (exact) mass is 726 g/mol. The maximum Gasteiger partial charge on any atom is 0.343 e. The fourth-order valence-electron chi connectivity index (χ4n) is 5.18. The van der Waals surface area contributed by atoms with Crippen molar-refractivity contribution in [2.45, 2.75) is 84.5 Å². The molecule has 0 amide bonds. The van der Waals surface area contributed by atoms with E-state index in [-0.39, 0.29) is 35.2 Å². The molecule has 0 N–H and O–H groups in total. The van der Waals surface area contributed by atoms with Crippen LogP contribution in [0.25, 0.3) is 6.08 Å². The number of unbranched alkanes of at least 4 members (excludes halogenated alkanes) is 8. The summed E-state index contributed by atoms with van der Waals surface area (Å²) in [4.78, 5) is 62.1. The minimum absolute atomic E-state index is 0.0202. The number of ether oxygens (including phenoxy) is 5. The molecule has 0 spiro atoms. The van der Waals surface area contributed by atoms with E-state index in [9.17, 15) is 24.0 Å². The number of esters is 5. The molecule has 0 atom stereocenters. The number of hydrogen-bond donors (Lipinski definition) is 0. The molecule has 0 bridgehead atoms. The van der Waals surface area contributed by atoms with Crippen LogP contribution in [0, 0.1) is 0 Å². The van der Waals surface area contributed by atoms with Crippen LogP contribution in [-0.4, -0.2) is 50.2 Å². The van der Waals surface area contributed by atoms with Gasteiger partial charge in [0.2, 0.25) is 0 Å². The zero-order chi connectivity index (χ0) is 38.4. The lowest BCUT2D eigenvalue weighted by atomic mass is 10.1. The summed E-state index contributed by atoms with van der Waals surface area (Å²) in [6, 6.07) is 17.6. The molecule has 0 unspecified atom stereocenters. The van der Waals surface area contributed by atoms with Gasteiger partial charge in [0.1, 0.15) is 17.1 Å². The van der Waals surface area contributed by atoms with E-state index in [4.69, 9.17) is 18.9 Å². The highest BCUT2D eigenvalue weighted by molar-refractivity contribution is 5.97. The Morgan fingerprint density at radius 1 is 0.660 bits per heavy atom. The molecular weight excluding hydrogens is 676 g/mol. The predicted octanol–water partition coefficient (Wildman–Crippen LogP) is 9.05. The van der Waals surface area contributed by atoms with E-state index < -0.39 is 23.9 Å². The van der Waals surface area contributed by atoms with Crippen molar-refractivity contribution in [1.29, 1.82) is 0 Å². The Kier molecular flexibility index (Phi) is 18.3. The molecule has 0 aliphatic carbocycles. The fourth-order valence-corrected chi connectivity index (χ4v) is 5.18. The third-order valence-corrected chi connectivity index (χ3v) is 8.18. The molecule has 0 aromatic heterocycles. The highest BCUT2D eigenvalue weighted by atomic mass is 16.6. The summed E-state index contributed by atoms with van der Waals surface area (Å²) in [5.41, 5.74) is 2.71. The van der Waals surface area contributed by atoms with Gasteiger partial charge < -0.3 is 23.7 Å². The Bertz CT molecular complexity index is 1700. The number of rotatable bonds is 22. The Morgan fingerprint density at radius 3 is 1.77 bits per heavy atom. The lowest BCUT2D eigenvalue weighted by Crippen LogP contribution is -2.14. The van der Waals surface area contributed by atoms with Crippen molar-refractivity contribution in [1.82, 2.24) is 0 Å². The smallest absolute Gasteiger partial charge is 0.343 e. The first-order valence-electron chi connectivity index (χ1n) is 18.1. The lowest BCUT2D eigenvalue weighted by Gasteiger charge is -2.13. The fraction of sp³-hybridized carbons (Fsp3) is 0.372. The van der Waals surface area contributed by atoms with Crippen molar-refractivity contribution in [2.75, 3.05) is 20.3 Å². The van der Waals surface area contributed by atoms with Crippen LogP contribution in [0.15, 0.2) is 85.0 Å². The van der Waals surface area contributed by atoms with Crippen molar-refractivity contribution >= 4 is 35.9 Å². The highest BCUT2D eigenvalue weighted by Crippen LogP contribution is 2.27. The minimum atomic E-state index is -0.709. The van der Waals surface area contributed by atoms with Gasteiger partial charge in [0.25, 0.3) is 0 Å². The van der Waals surface area contributed by atoms with Crippen molar-refractivity contribution in [3.8, 4) is 11.5 Å². The van der Waals surface area contributed by atoms with Crippen LogP contribution in [-0.2, 0) is 30.2 Å². The molecule has 3 aromatic rings. The molecule has 0 fully saturated rings. The number of carbonyl (C=O) groups is 5. The Morgan fingerprint density at radius 2 is 1.21 bits per heavy atom. The highest BCUT2D eigenvalue weighted by Gasteiger charge is 2.21. The minimum Gasteiger partial charge on any atom is -0.466 e. The molecule has 0 heterocycles. The first kappa shape index (κ1) is 41.9. The summed E-state index contributed by atoms with van der Waals surface area (Å²) >= 11 is 0. The summed E-state index contributed by atoms with van der Waals surface area (Å²) in [6.45, 7) is 7.88. The van der Waals surface area contributed by atoms with Gasteiger partial charge in [-0.15, -0.1) is 0 Å². The van der Waals surface area contributed by atoms with Gasteiger partial charge >= 0.3 is 29.8 Å². The molecule has 3 aromatic carbocycles. The van der Waals surface area contributed by atoms with Crippen molar-refractivity contribution in [3.63, 3.8) is 0 Å². The second-order valence-corrected chi connectivity index (χ2v) is 12.6. The molecule has 0 aliphatic rings. The second-order valence-electron chi connectivity index (χ2n) is 12.6. The quantitative estimate of drug-likeness (QED) is 0.0325. The first-order valence-corrected chi connectivity index (χ1v) is 18.1. The van der Waals surface area contributed by atoms with Crippen LogP contribution in [0.4, 0.5) is 0 Å². The van der Waals surface area contributed by atoms with Crippen LogP contribution < -0.4 is 9.47 Å². The van der Waals surface area contributed by atoms with Gasteiger partial charge in [-0.2, -0.15) is 0 Å². The zero-order valence-corrected chi connectivity index (χ0v) is 31.0. The van der Waals surface area contributed by atoms with E-state index in [0.717, 1.165) is 69.8 Å². The second kappa shape index (κ2) is 23.1. The Labute approximate surface area is 312 Å². The van der Waals surface area contributed by atoms with E-state index in [0.29, 0.717) is 29.7 Å². The predicted molar refractivity (Wildman–Crippen MR) is 202 cm³/mol. The van der Waals surface area contributed by atoms with Gasteiger partial charge in [-0.1, -0.05) is 89.1 Å². The summed E-state index contributed by atoms with van der Waals surface area (Å²) in [5.74, 6) is -2.82. The molecule has 10 nitrogen and oxygen atoms in total. The number of hydrogen-bond acceptors (Lipinski definition) is 10. The van der Waals surface area contributed by atoms with Crippen molar-refractivity contribution in [3.05, 3.63) is 113 Å². The van der Waals surface area contributed by atoms with Gasteiger partial charge in [-0.05, 0) is 85.9 Å². The molecule has 0 saturated carbocycles. The molecule has 3 rings (SSSR count). The van der Waals surface area contributed by atoms with Crippen LogP contribution in [0.5, 0.6) is 11.5 Å². The number of aryl methyl sites for hydroxylation is 1. The zero-order valence-electron chi connectivity index (χ0n) is 31.0. The maximum absolute atomic E-state index is 13.3. The van der Waals surface area contributed by atoms with Crippen molar-refractivity contribution in [2.24, 2.45) is 0 Å². The first-order chi connectivity index (χ1) is 25.6. The lowest BCUT2D eigenvalue weighted by molar-refractivity contribution is -0.139. The van der Waals surface area contributed by atoms with Gasteiger partial charge in [0, 0.05) is 11.6 Å². The van der Waals surface area contributed by atoms with Crippen LogP contribution >= 0.6 is 0 Å². The van der Waals surface area contributed by atoms with Gasteiger partial charge in [0.15, 0.2) is 0 Å². The largest absolute Gasteiger partial charge is 0.466 e. The average Bonchev–Trinajstić information content (AvgIpc) is 3.16. The van der Waals surface area contributed by atoms with E-state index in [1.54, 1.807) is 49.4 Å². The Hall–Kier alpha value is -5.51.